The molecule has 2 aromatic carbocycles. The molecule has 1 aromatic heterocycles. The summed E-state index contributed by atoms with van der Waals surface area (Å²) in [6, 6.07) is 12.6. The van der Waals surface area contributed by atoms with Gasteiger partial charge in [-0.15, -0.1) is 0 Å². The topological polar surface area (TPSA) is 80.4 Å². The molecule has 6 nitrogen and oxygen atoms in total. The summed E-state index contributed by atoms with van der Waals surface area (Å²) in [7, 11) is -3.64. The highest BCUT2D eigenvalue weighted by atomic mass is 32.2. The third-order valence-corrected chi connectivity index (χ3v) is 5.65. The zero-order chi connectivity index (χ0) is 19.3. The lowest BCUT2D eigenvalue weighted by Crippen LogP contribution is -2.26. The lowest BCUT2D eigenvalue weighted by Gasteiger charge is -2.13. The quantitative estimate of drug-likeness (QED) is 0.588. The van der Waals surface area contributed by atoms with Crippen molar-refractivity contribution in [2.24, 2.45) is 0 Å². The highest BCUT2D eigenvalue weighted by Gasteiger charge is 2.17. The van der Waals surface area contributed by atoms with Gasteiger partial charge >= 0.3 is 0 Å². The van der Waals surface area contributed by atoms with Crippen molar-refractivity contribution in [3.8, 4) is 11.5 Å². The molecule has 0 amide bonds. The summed E-state index contributed by atoms with van der Waals surface area (Å²) in [5.74, 6) is 0.968. The van der Waals surface area contributed by atoms with Gasteiger partial charge in [0, 0.05) is 29.7 Å². The van der Waals surface area contributed by atoms with Gasteiger partial charge in [-0.3, -0.25) is 0 Å². The van der Waals surface area contributed by atoms with Crippen molar-refractivity contribution in [1.29, 1.82) is 0 Å². The maximum absolute atomic E-state index is 12.6. The van der Waals surface area contributed by atoms with Crippen LogP contribution in [0, 0.1) is 0 Å². The molecule has 0 unspecified atom stereocenters. The van der Waals surface area contributed by atoms with E-state index in [9.17, 15) is 8.42 Å². The van der Waals surface area contributed by atoms with Crippen LogP contribution in [0.15, 0.2) is 53.6 Å². The Balaban J connectivity index is 1.71. The molecular weight excluding hydrogens is 364 g/mol. The molecule has 0 fully saturated rings. The fourth-order valence-electron chi connectivity index (χ4n) is 2.94. The number of para-hydroxylation sites is 1. The molecule has 7 heteroatoms. The first-order chi connectivity index (χ1) is 13.0. The zero-order valence-corrected chi connectivity index (χ0v) is 16.3. The first kappa shape index (κ1) is 19.3. The van der Waals surface area contributed by atoms with Crippen molar-refractivity contribution in [3.05, 3.63) is 54.2 Å². The Morgan fingerprint density at radius 1 is 1.00 bits per heavy atom. The molecule has 0 aliphatic heterocycles. The summed E-state index contributed by atoms with van der Waals surface area (Å²) in [6.45, 7) is 4.93. The molecule has 144 valence electrons. The summed E-state index contributed by atoms with van der Waals surface area (Å²) < 4.78 is 38.9. The predicted octanol–water partition coefficient (Wildman–Crippen LogP) is 3.49. The van der Waals surface area contributed by atoms with Gasteiger partial charge in [-0.2, -0.15) is 0 Å². The van der Waals surface area contributed by atoms with E-state index in [1.54, 1.807) is 6.07 Å². The SMILES string of the molecule is CCOc1ccc(S(=O)(=O)NCCc2c[nH]c3ccccc23)cc1OCC. The van der Waals surface area contributed by atoms with Crippen LogP contribution in [0.3, 0.4) is 0 Å². The fraction of sp³-hybridized carbons (Fsp3) is 0.300. The maximum Gasteiger partial charge on any atom is 0.240 e. The monoisotopic (exact) mass is 388 g/mol. The van der Waals surface area contributed by atoms with Gasteiger partial charge in [-0.1, -0.05) is 18.2 Å². The van der Waals surface area contributed by atoms with Gasteiger partial charge in [-0.05, 0) is 44.0 Å². The third-order valence-electron chi connectivity index (χ3n) is 4.19. The maximum atomic E-state index is 12.6. The molecule has 0 saturated heterocycles. The summed E-state index contributed by atoms with van der Waals surface area (Å²) in [5, 5.41) is 1.11. The van der Waals surface area contributed by atoms with E-state index in [2.05, 4.69) is 9.71 Å². The number of rotatable bonds is 9. The highest BCUT2D eigenvalue weighted by Crippen LogP contribution is 2.30. The fourth-order valence-corrected chi connectivity index (χ4v) is 3.99. The van der Waals surface area contributed by atoms with Crippen LogP contribution in [0.5, 0.6) is 11.5 Å². The van der Waals surface area contributed by atoms with Gasteiger partial charge in [0.2, 0.25) is 10.0 Å². The molecule has 3 rings (SSSR count). The summed E-state index contributed by atoms with van der Waals surface area (Å²) >= 11 is 0. The van der Waals surface area contributed by atoms with E-state index in [4.69, 9.17) is 9.47 Å². The van der Waals surface area contributed by atoms with Crippen LogP contribution >= 0.6 is 0 Å². The molecule has 2 N–H and O–H groups in total. The van der Waals surface area contributed by atoms with Gasteiger partial charge < -0.3 is 14.5 Å². The lowest BCUT2D eigenvalue weighted by molar-refractivity contribution is 0.287. The number of aromatic amines is 1. The number of hydrogen-bond acceptors (Lipinski definition) is 4. The first-order valence-electron chi connectivity index (χ1n) is 8.99. The van der Waals surface area contributed by atoms with Crippen molar-refractivity contribution in [3.63, 3.8) is 0 Å². The highest BCUT2D eigenvalue weighted by molar-refractivity contribution is 7.89. The largest absolute Gasteiger partial charge is 0.490 e. The van der Waals surface area contributed by atoms with Crippen molar-refractivity contribution in [2.75, 3.05) is 19.8 Å². The van der Waals surface area contributed by atoms with Gasteiger partial charge in [0.05, 0.1) is 18.1 Å². The van der Waals surface area contributed by atoms with E-state index in [1.165, 1.54) is 12.1 Å². The Kier molecular flexibility index (Phi) is 6.03. The third kappa shape index (κ3) is 4.43. The first-order valence-corrected chi connectivity index (χ1v) is 10.5. The van der Waals surface area contributed by atoms with E-state index < -0.39 is 10.0 Å². The standard InChI is InChI=1S/C20H24N2O4S/c1-3-25-19-10-9-16(13-20(19)26-4-2)27(23,24)22-12-11-15-14-21-18-8-6-5-7-17(15)18/h5-10,13-14,21-22H,3-4,11-12H2,1-2H3. The zero-order valence-electron chi connectivity index (χ0n) is 15.5. The molecule has 0 spiro atoms. The minimum absolute atomic E-state index is 0.160. The Labute approximate surface area is 159 Å². The minimum Gasteiger partial charge on any atom is -0.490 e. The molecule has 0 atom stereocenters. The van der Waals surface area contributed by atoms with Gasteiger partial charge in [-0.25, -0.2) is 13.1 Å². The van der Waals surface area contributed by atoms with E-state index in [0.29, 0.717) is 37.7 Å². The molecule has 0 bridgehead atoms. The smallest absolute Gasteiger partial charge is 0.240 e. The normalized spacial score (nSPS) is 11.6. The van der Waals surface area contributed by atoms with E-state index in [-0.39, 0.29) is 4.90 Å². The number of ether oxygens (including phenoxy) is 2. The minimum atomic E-state index is -3.64. The lowest BCUT2D eigenvalue weighted by atomic mass is 10.1. The van der Waals surface area contributed by atoms with E-state index in [1.807, 2.05) is 44.3 Å². The summed E-state index contributed by atoms with van der Waals surface area (Å²) in [6.07, 6.45) is 2.52. The van der Waals surface area contributed by atoms with Crippen LogP contribution in [0.25, 0.3) is 10.9 Å². The predicted molar refractivity (Wildman–Crippen MR) is 106 cm³/mol. The second kappa shape index (κ2) is 8.45. The van der Waals surface area contributed by atoms with Crippen molar-refractivity contribution in [2.45, 2.75) is 25.2 Å². The van der Waals surface area contributed by atoms with Crippen molar-refractivity contribution >= 4 is 20.9 Å². The van der Waals surface area contributed by atoms with Crippen LogP contribution in [0.4, 0.5) is 0 Å². The number of nitrogens with one attached hydrogen (secondary N) is 2. The molecule has 0 radical (unpaired) electrons. The van der Waals surface area contributed by atoms with Crippen LogP contribution in [0.2, 0.25) is 0 Å². The number of fused-ring (bicyclic) bond motifs is 1. The number of H-pyrrole nitrogens is 1. The molecule has 0 aliphatic carbocycles. The Morgan fingerprint density at radius 3 is 2.52 bits per heavy atom. The summed E-state index contributed by atoms with van der Waals surface area (Å²) in [4.78, 5) is 3.36. The number of sulfonamides is 1. The number of aromatic nitrogens is 1. The van der Waals surface area contributed by atoms with Crippen LogP contribution < -0.4 is 14.2 Å². The Bertz CT molecular complexity index is 1010. The number of hydrogen-bond donors (Lipinski definition) is 2. The molecule has 0 aliphatic rings. The van der Waals surface area contributed by atoms with Crippen molar-refractivity contribution in [1.82, 2.24) is 9.71 Å². The van der Waals surface area contributed by atoms with Gasteiger partial charge in [0.25, 0.3) is 0 Å². The summed E-state index contributed by atoms with van der Waals surface area (Å²) in [5.41, 5.74) is 2.12. The van der Waals surface area contributed by atoms with Crippen molar-refractivity contribution < 1.29 is 17.9 Å². The second-order valence-corrected chi connectivity index (χ2v) is 7.75. The van der Waals surface area contributed by atoms with Gasteiger partial charge in [0.15, 0.2) is 11.5 Å². The van der Waals surface area contributed by atoms with Gasteiger partial charge in [0.1, 0.15) is 0 Å². The molecule has 1 heterocycles. The Hall–Kier alpha value is -2.51. The van der Waals surface area contributed by atoms with E-state index >= 15 is 0 Å². The van der Waals surface area contributed by atoms with Crippen LogP contribution in [-0.2, 0) is 16.4 Å². The number of benzene rings is 2. The van der Waals surface area contributed by atoms with Crippen LogP contribution in [0.1, 0.15) is 19.4 Å². The molecule has 27 heavy (non-hydrogen) atoms. The Morgan fingerprint density at radius 2 is 1.74 bits per heavy atom. The van der Waals surface area contributed by atoms with Crippen LogP contribution in [-0.4, -0.2) is 33.2 Å². The molecular formula is C20H24N2O4S. The average molecular weight is 388 g/mol. The second-order valence-electron chi connectivity index (χ2n) is 5.98. The molecule has 3 aromatic rings. The van der Waals surface area contributed by atoms with E-state index in [0.717, 1.165) is 16.5 Å². The average Bonchev–Trinajstić information content (AvgIpc) is 3.07. The molecule has 0 saturated carbocycles.